The Morgan fingerprint density at radius 2 is 2.11 bits per heavy atom. The molecular weight excluding hydrogens is 244 g/mol. The number of anilines is 1. The average molecular weight is 258 g/mol. The van der Waals surface area contributed by atoms with E-state index in [1.165, 1.54) is 9.75 Å². The zero-order valence-corrected chi connectivity index (χ0v) is 11.2. The van der Waals surface area contributed by atoms with E-state index in [4.69, 9.17) is 5.26 Å². The Balaban J connectivity index is 2.06. The predicted molar refractivity (Wildman–Crippen MR) is 72.5 cm³/mol. The molecule has 1 N–H and O–H groups in total. The largest absolute Gasteiger partial charge is 0.349 e. The van der Waals surface area contributed by atoms with Crippen LogP contribution in [-0.2, 0) is 13.0 Å². The molecular formula is C13H14N4S. The number of rotatable bonds is 4. The predicted octanol–water partition coefficient (Wildman–Crippen LogP) is 2.89. The third kappa shape index (κ3) is 3.05. The molecule has 4 nitrogen and oxygen atoms in total. The standard InChI is InChI=1S/C13H14N4S/c1-3-11-4-5-12(18-11)8-15-13-16-9(2)6-10(7-14)17-13/h4-6H,3,8H2,1-2H3,(H,15,16,17). The molecule has 0 atom stereocenters. The van der Waals surface area contributed by atoms with Crippen LogP contribution in [-0.4, -0.2) is 9.97 Å². The van der Waals surface area contributed by atoms with E-state index in [0.29, 0.717) is 18.2 Å². The Morgan fingerprint density at radius 3 is 2.78 bits per heavy atom. The molecule has 2 heterocycles. The minimum absolute atomic E-state index is 0.394. The van der Waals surface area contributed by atoms with Gasteiger partial charge in [-0.05, 0) is 31.5 Å². The van der Waals surface area contributed by atoms with Crippen molar-refractivity contribution in [3.8, 4) is 6.07 Å². The molecule has 0 fully saturated rings. The van der Waals surface area contributed by atoms with Crippen LogP contribution in [0.1, 0.15) is 28.1 Å². The van der Waals surface area contributed by atoms with Gasteiger partial charge in [-0.15, -0.1) is 11.3 Å². The van der Waals surface area contributed by atoms with E-state index in [1.807, 2.05) is 13.0 Å². The van der Waals surface area contributed by atoms with Gasteiger partial charge < -0.3 is 5.32 Å². The van der Waals surface area contributed by atoms with Crippen molar-refractivity contribution in [1.29, 1.82) is 5.26 Å². The van der Waals surface area contributed by atoms with E-state index < -0.39 is 0 Å². The summed E-state index contributed by atoms with van der Waals surface area (Å²) in [7, 11) is 0. The van der Waals surface area contributed by atoms with E-state index in [-0.39, 0.29) is 0 Å². The topological polar surface area (TPSA) is 61.6 Å². The first-order chi connectivity index (χ1) is 8.71. The smallest absolute Gasteiger partial charge is 0.224 e. The van der Waals surface area contributed by atoms with Crippen LogP contribution < -0.4 is 5.32 Å². The molecule has 5 heteroatoms. The number of hydrogen-bond acceptors (Lipinski definition) is 5. The van der Waals surface area contributed by atoms with Crippen LogP contribution in [0.5, 0.6) is 0 Å². The molecule has 0 radical (unpaired) electrons. The van der Waals surface area contributed by atoms with Crippen molar-refractivity contribution < 1.29 is 0 Å². The van der Waals surface area contributed by atoms with Crippen LogP contribution in [0.15, 0.2) is 18.2 Å². The average Bonchev–Trinajstić information content (AvgIpc) is 2.83. The maximum Gasteiger partial charge on any atom is 0.224 e. The second-order valence-corrected chi connectivity index (χ2v) is 5.16. The molecule has 2 aromatic rings. The maximum atomic E-state index is 8.84. The third-order valence-corrected chi connectivity index (χ3v) is 3.68. The summed E-state index contributed by atoms with van der Waals surface area (Å²) >= 11 is 1.78. The van der Waals surface area contributed by atoms with Crippen molar-refractivity contribution in [2.24, 2.45) is 0 Å². The fourth-order valence-corrected chi connectivity index (χ4v) is 2.48. The first kappa shape index (κ1) is 12.5. The molecule has 0 aliphatic rings. The summed E-state index contributed by atoms with van der Waals surface area (Å²) in [5.41, 5.74) is 1.19. The Morgan fingerprint density at radius 1 is 1.33 bits per heavy atom. The zero-order valence-electron chi connectivity index (χ0n) is 10.4. The Labute approximate surface area is 110 Å². The second kappa shape index (κ2) is 5.61. The highest BCUT2D eigenvalue weighted by Gasteiger charge is 2.03. The minimum atomic E-state index is 0.394. The number of thiophene rings is 1. The molecule has 92 valence electrons. The van der Waals surface area contributed by atoms with Crippen molar-refractivity contribution in [3.63, 3.8) is 0 Å². The lowest BCUT2D eigenvalue weighted by Crippen LogP contribution is -2.04. The molecule has 0 amide bonds. The summed E-state index contributed by atoms with van der Waals surface area (Å²) in [6.45, 7) is 4.69. The SMILES string of the molecule is CCc1ccc(CNc2nc(C)cc(C#N)n2)s1. The van der Waals surface area contributed by atoms with Gasteiger partial charge in [0.2, 0.25) is 5.95 Å². The van der Waals surface area contributed by atoms with Crippen LogP contribution in [0, 0.1) is 18.3 Å². The Hall–Kier alpha value is -1.93. The number of aromatic nitrogens is 2. The van der Waals surface area contributed by atoms with Crippen molar-refractivity contribution in [1.82, 2.24) is 9.97 Å². The van der Waals surface area contributed by atoms with Crippen LogP contribution >= 0.6 is 11.3 Å². The lowest BCUT2D eigenvalue weighted by atomic mass is 10.3. The molecule has 0 aliphatic carbocycles. The lowest BCUT2D eigenvalue weighted by molar-refractivity contribution is 1.03. The van der Waals surface area contributed by atoms with E-state index >= 15 is 0 Å². The number of aryl methyl sites for hydroxylation is 2. The molecule has 0 aliphatic heterocycles. The summed E-state index contributed by atoms with van der Waals surface area (Å²) < 4.78 is 0. The Bertz CT molecular complexity index is 583. The lowest BCUT2D eigenvalue weighted by Gasteiger charge is -2.04. The molecule has 18 heavy (non-hydrogen) atoms. The molecule has 0 unspecified atom stereocenters. The van der Waals surface area contributed by atoms with Gasteiger partial charge in [-0.3, -0.25) is 0 Å². The van der Waals surface area contributed by atoms with E-state index in [9.17, 15) is 0 Å². The third-order valence-electron chi connectivity index (χ3n) is 2.46. The summed E-state index contributed by atoms with van der Waals surface area (Å²) in [6.07, 6.45) is 1.06. The van der Waals surface area contributed by atoms with Gasteiger partial charge in [-0.25, -0.2) is 9.97 Å². The van der Waals surface area contributed by atoms with Crippen molar-refractivity contribution >= 4 is 17.3 Å². The van der Waals surface area contributed by atoms with Gasteiger partial charge in [0.15, 0.2) is 0 Å². The van der Waals surface area contributed by atoms with E-state index in [2.05, 4.69) is 34.3 Å². The summed E-state index contributed by atoms with van der Waals surface area (Å²) in [5, 5.41) is 12.0. The van der Waals surface area contributed by atoms with Gasteiger partial charge >= 0.3 is 0 Å². The number of nitriles is 1. The fourth-order valence-electron chi connectivity index (χ4n) is 1.58. The van der Waals surface area contributed by atoms with Crippen LogP contribution in [0.2, 0.25) is 0 Å². The normalized spacial score (nSPS) is 10.1. The first-order valence-electron chi connectivity index (χ1n) is 5.78. The van der Waals surface area contributed by atoms with Crippen LogP contribution in [0.3, 0.4) is 0 Å². The highest BCUT2D eigenvalue weighted by Crippen LogP contribution is 2.17. The van der Waals surface area contributed by atoms with Gasteiger partial charge in [0.25, 0.3) is 0 Å². The van der Waals surface area contributed by atoms with Gasteiger partial charge in [0.05, 0.1) is 6.54 Å². The van der Waals surface area contributed by atoms with Gasteiger partial charge in [0, 0.05) is 15.4 Å². The molecule has 2 aromatic heterocycles. The molecule has 0 saturated heterocycles. The van der Waals surface area contributed by atoms with E-state index in [1.54, 1.807) is 17.4 Å². The van der Waals surface area contributed by atoms with Crippen LogP contribution in [0.25, 0.3) is 0 Å². The Kier molecular flexibility index (Phi) is 3.90. The van der Waals surface area contributed by atoms with Crippen molar-refractivity contribution in [2.45, 2.75) is 26.8 Å². The molecule has 0 aromatic carbocycles. The van der Waals surface area contributed by atoms with E-state index in [0.717, 1.165) is 12.1 Å². The summed E-state index contributed by atoms with van der Waals surface area (Å²) in [6, 6.07) is 7.95. The molecule has 0 saturated carbocycles. The van der Waals surface area contributed by atoms with Gasteiger partial charge in [-0.2, -0.15) is 5.26 Å². The minimum Gasteiger partial charge on any atom is -0.349 e. The summed E-state index contributed by atoms with van der Waals surface area (Å²) in [4.78, 5) is 11.0. The maximum absolute atomic E-state index is 8.84. The number of nitrogens with one attached hydrogen (secondary N) is 1. The van der Waals surface area contributed by atoms with Gasteiger partial charge in [-0.1, -0.05) is 6.92 Å². The highest BCUT2D eigenvalue weighted by atomic mass is 32.1. The monoisotopic (exact) mass is 258 g/mol. The summed E-state index contributed by atoms with van der Waals surface area (Å²) in [5.74, 6) is 0.512. The quantitative estimate of drug-likeness (QED) is 0.916. The fraction of sp³-hybridized carbons (Fsp3) is 0.308. The van der Waals surface area contributed by atoms with Gasteiger partial charge in [0.1, 0.15) is 11.8 Å². The molecule has 0 spiro atoms. The highest BCUT2D eigenvalue weighted by molar-refractivity contribution is 7.12. The molecule has 0 bridgehead atoms. The number of hydrogen-bond donors (Lipinski definition) is 1. The number of nitrogens with zero attached hydrogens (tertiary/aromatic N) is 3. The van der Waals surface area contributed by atoms with Crippen molar-refractivity contribution in [2.75, 3.05) is 5.32 Å². The second-order valence-electron chi connectivity index (χ2n) is 3.91. The zero-order chi connectivity index (χ0) is 13.0. The first-order valence-corrected chi connectivity index (χ1v) is 6.60. The van der Waals surface area contributed by atoms with Crippen molar-refractivity contribution in [3.05, 3.63) is 39.3 Å². The molecule has 2 rings (SSSR count). The van der Waals surface area contributed by atoms with Crippen LogP contribution in [0.4, 0.5) is 5.95 Å².